The molecule has 17 heavy (non-hydrogen) atoms. The number of halogens is 4. The Bertz CT molecular complexity index is 346. The van der Waals surface area contributed by atoms with Crippen LogP contribution in [0.15, 0.2) is 24.3 Å². The first-order chi connectivity index (χ1) is 7.86. The summed E-state index contributed by atoms with van der Waals surface area (Å²) >= 11 is 5.67. The Balaban J connectivity index is 2.92. The minimum Gasteiger partial charge on any atom is -0.368 e. The molecule has 0 heterocycles. The molecule has 0 aliphatic rings. The topological polar surface area (TPSA) is 3.24 Å². The van der Waals surface area contributed by atoms with E-state index in [0.29, 0.717) is 12.4 Å². The van der Waals surface area contributed by atoms with Gasteiger partial charge in [-0.1, -0.05) is 0 Å². The molecule has 0 saturated heterocycles. The predicted molar refractivity (Wildman–Crippen MR) is 64.6 cm³/mol. The van der Waals surface area contributed by atoms with Gasteiger partial charge in [-0.15, -0.1) is 11.6 Å². The van der Waals surface area contributed by atoms with Crippen LogP contribution in [0.4, 0.5) is 18.9 Å². The van der Waals surface area contributed by atoms with Crippen LogP contribution in [0.1, 0.15) is 19.4 Å². The van der Waals surface area contributed by atoms with Crippen molar-refractivity contribution in [3.8, 4) is 0 Å². The molecule has 1 nitrogen and oxygen atoms in total. The fourth-order valence-corrected chi connectivity index (χ4v) is 1.80. The fourth-order valence-electron chi connectivity index (χ4n) is 1.62. The molecular weight excluding hydrogens is 251 g/mol. The van der Waals surface area contributed by atoms with Crippen LogP contribution in [0.5, 0.6) is 0 Å². The number of nitrogens with zero attached hydrogens (tertiary/aromatic N) is 1. The van der Waals surface area contributed by atoms with E-state index in [4.69, 9.17) is 11.6 Å². The van der Waals surface area contributed by atoms with Crippen molar-refractivity contribution in [2.75, 3.05) is 17.3 Å². The van der Waals surface area contributed by atoms with Crippen LogP contribution in [-0.2, 0) is 6.18 Å². The van der Waals surface area contributed by atoms with Gasteiger partial charge in [0.25, 0.3) is 0 Å². The van der Waals surface area contributed by atoms with Crippen molar-refractivity contribution in [2.45, 2.75) is 26.1 Å². The van der Waals surface area contributed by atoms with Crippen molar-refractivity contribution in [1.82, 2.24) is 0 Å². The molecule has 0 radical (unpaired) electrons. The molecule has 0 saturated carbocycles. The summed E-state index contributed by atoms with van der Waals surface area (Å²) in [6.07, 6.45) is -4.28. The Kier molecular flexibility index (Phi) is 4.69. The number of alkyl halides is 4. The number of hydrogen-bond donors (Lipinski definition) is 0. The SMILES string of the molecule is CC(C)N(CCCl)c1ccc(C(F)(F)F)cc1. The third kappa shape index (κ3) is 3.80. The largest absolute Gasteiger partial charge is 0.416 e. The fraction of sp³-hybridized carbons (Fsp3) is 0.500. The average molecular weight is 266 g/mol. The first-order valence-electron chi connectivity index (χ1n) is 5.36. The lowest BCUT2D eigenvalue weighted by Gasteiger charge is -2.28. The molecule has 96 valence electrons. The van der Waals surface area contributed by atoms with Gasteiger partial charge in [0.15, 0.2) is 0 Å². The van der Waals surface area contributed by atoms with Crippen LogP contribution in [0.25, 0.3) is 0 Å². The third-order valence-electron chi connectivity index (χ3n) is 2.48. The highest BCUT2D eigenvalue weighted by molar-refractivity contribution is 6.18. The van der Waals surface area contributed by atoms with Gasteiger partial charge < -0.3 is 4.90 Å². The molecule has 0 amide bonds. The Hall–Kier alpha value is -0.900. The molecule has 0 aliphatic heterocycles. The quantitative estimate of drug-likeness (QED) is 0.739. The van der Waals surface area contributed by atoms with Crippen LogP contribution < -0.4 is 4.90 Å². The number of rotatable bonds is 4. The molecule has 0 fully saturated rings. The molecular formula is C12H15ClF3N. The monoisotopic (exact) mass is 265 g/mol. The lowest BCUT2D eigenvalue weighted by atomic mass is 10.1. The van der Waals surface area contributed by atoms with Crippen LogP contribution in [0.2, 0.25) is 0 Å². The van der Waals surface area contributed by atoms with Crippen LogP contribution >= 0.6 is 11.6 Å². The van der Waals surface area contributed by atoms with E-state index in [2.05, 4.69) is 0 Å². The maximum atomic E-state index is 12.4. The van der Waals surface area contributed by atoms with Gasteiger partial charge in [0.2, 0.25) is 0 Å². The number of hydrogen-bond acceptors (Lipinski definition) is 1. The second kappa shape index (κ2) is 5.63. The smallest absolute Gasteiger partial charge is 0.368 e. The summed E-state index contributed by atoms with van der Waals surface area (Å²) in [7, 11) is 0. The molecule has 0 atom stereocenters. The van der Waals surface area contributed by atoms with Gasteiger partial charge in [-0.25, -0.2) is 0 Å². The lowest BCUT2D eigenvalue weighted by Crippen LogP contribution is -2.32. The third-order valence-corrected chi connectivity index (χ3v) is 2.64. The summed E-state index contributed by atoms with van der Waals surface area (Å²) in [4.78, 5) is 1.97. The van der Waals surface area contributed by atoms with Crippen molar-refractivity contribution in [1.29, 1.82) is 0 Å². The summed E-state index contributed by atoms with van der Waals surface area (Å²) in [5.41, 5.74) is 0.129. The Morgan fingerprint density at radius 3 is 2.06 bits per heavy atom. The van der Waals surface area contributed by atoms with Gasteiger partial charge in [0.05, 0.1) is 5.56 Å². The zero-order valence-corrected chi connectivity index (χ0v) is 10.5. The van der Waals surface area contributed by atoms with Gasteiger partial charge in [-0.3, -0.25) is 0 Å². The predicted octanol–water partition coefficient (Wildman–Crippen LogP) is 4.16. The molecule has 1 aromatic rings. The number of anilines is 1. The Morgan fingerprint density at radius 1 is 1.18 bits per heavy atom. The molecule has 0 unspecified atom stereocenters. The van der Waals surface area contributed by atoms with Crippen molar-refractivity contribution in [3.05, 3.63) is 29.8 Å². The summed E-state index contributed by atoms with van der Waals surface area (Å²) in [5, 5.41) is 0. The van der Waals surface area contributed by atoms with E-state index in [9.17, 15) is 13.2 Å². The van der Waals surface area contributed by atoms with Crippen LogP contribution in [0, 0.1) is 0 Å². The van der Waals surface area contributed by atoms with E-state index in [1.165, 1.54) is 12.1 Å². The summed E-state index contributed by atoms with van der Waals surface area (Å²) in [6, 6.07) is 5.35. The molecule has 0 N–H and O–H groups in total. The summed E-state index contributed by atoms with van der Waals surface area (Å²) in [5.74, 6) is 0.444. The Morgan fingerprint density at radius 2 is 1.71 bits per heavy atom. The van der Waals surface area contributed by atoms with Crippen LogP contribution in [0.3, 0.4) is 0 Å². The minimum absolute atomic E-state index is 0.200. The van der Waals surface area contributed by atoms with Gasteiger partial charge in [-0.2, -0.15) is 13.2 Å². The molecule has 5 heteroatoms. The van der Waals surface area contributed by atoms with Crippen molar-refractivity contribution >= 4 is 17.3 Å². The number of benzene rings is 1. The second-order valence-electron chi connectivity index (χ2n) is 4.02. The van der Waals surface area contributed by atoms with Crippen LogP contribution in [-0.4, -0.2) is 18.5 Å². The lowest BCUT2D eigenvalue weighted by molar-refractivity contribution is -0.137. The van der Waals surface area contributed by atoms with Crippen molar-refractivity contribution in [2.24, 2.45) is 0 Å². The van der Waals surface area contributed by atoms with Gasteiger partial charge >= 0.3 is 6.18 Å². The highest BCUT2D eigenvalue weighted by Gasteiger charge is 2.30. The van der Waals surface area contributed by atoms with Gasteiger partial charge in [-0.05, 0) is 38.1 Å². The molecule has 1 rings (SSSR count). The molecule has 0 aliphatic carbocycles. The molecule has 0 bridgehead atoms. The second-order valence-corrected chi connectivity index (χ2v) is 4.40. The molecule has 0 aromatic heterocycles. The minimum atomic E-state index is -4.28. The highest BCUT2D eigenvalue weighted by Crippen LogP contribution is 2.30. The van der Waals surface area contributed by atoms with E-state index in [-0.39, 0.29) is 6.04 Å². The summed E-state index contributed by atoms with van der Waals surface area (Å²) in [6.45, 7) is 4.57. The molecule has 1 aromatic carbocycles. The zero-order valence-electron chi connectivity index (χ0n) is 9.76. The first-order valence-corrected chi connectivity index (χ1v) is 5.89. The maximum Gasteiger partial charge on any atom is 0.416 e. The van der Waals surface area contributed by atoms with Crippen molar-refractivity contribution in [3.63, 3.8) is 0 Å². The standard InChI is InChI=1S/C12H15ClF3N/c1-9(2)17(8-7-13)11-5-3-10(4-6-11)12(14,15)16/h3-6,9H,7-8H2,1-2H3. The van der Waals surface area contributed by atoms with E-state index >= 15 is 0 Å². The van der Waals surface area contributed by atoms with E-state index in [0.717, 1.165) is 17.8 Å². The van der Waals surface area contributed by atoms with E-state index in [1.54, 1.807) is 0 Å². The van der Waals surface area contributed by atoms with Crippen molar-refractivity contribution < 1.29 is 13.2 Å². The normalized spacial score (nSPS) is 11.9. The molecule has 0 spiro atoms. The summed E-state index contributed by atoms with van der Waals surface area (Å²) < 4.78 is 37.2. The van der Waals surface area contributed by atoms with Gasteiger partial charge in [0.1, 0.15) is 0 Å². The van der Waals surface area contributed by atoms with E-state index < -0.39 is 11.7 Å². The first kappa shape index (κ1) is 14.2. The Labute approximate surface area is 104 Å². The van der Waals surface area contributed by atoms with Gasteiger partial charge in [0, 0.05) is 24.2 Å². The highest BCUT2D eigenvalue weighted by atomic mass is 35.5. The van der Waals surface area contributed by atoms with E-state index in [1.807, 2.05) is 18.7 Å². The maximum absolute atomic E-state index is 12.4. The average Bonchev–Trinajstić information content (AvgIpc) is 2.24. The zero-order chi connectivity index (χ0) is 13.1.